The first-order valence-corrected chi connectivity index (χ1v) is 11.2. The molecule has 0 unspecified atom stereocenters. The predicted molar refractivity (Wildman–Crippen MR) is 121 cm³/mol. The minimum absolute atomic E-state index is 0.298. The standard InChI is InChI=1S/C25H29N3O4/c1-30-23-5-3-20-24(28-23)18(9-13-26-20)6-10-25(29)11-7-19(8-12-25)27-15-17-2-4-21-22(14-17)32-16-31-21/h2-5,9,13-14,19,27,29H,6-8,10-12,15-16H2,1H3. The molecule has 32 heavy (non-hydrogen) atoms. The van der Waals surface area contributed by atoms with Gasteiger partial charge >= 0.3 is 0 Å². The second kappa shape index (κ2) is 8.92. The fraction of sp³-hybridized carbons (Fsp3) is 0.440. The molecule has 1 aromatic carbocycles. The summed E-state index contributed by atoms with van der Waals surface area (Å²) in [5.74, 6) is 2.21. The summed E-state index contributed by atoms with van der Waals surface area (Å²) in [5, 5.41) is 14.8. The van der Waals surface area contributed by atoms with Crippen molar-refractivity contribution in [3.63, 3.8) is 0 Å². The molecule has 1 fully saturated rings. The SMILES string of the molecule is COc1ccc2nccc(CCC3(O)CCC(NCc4ccc5c(c4)OCO5)CC3)c2n1. The van der Waals surface area contributed by atoms with E-state index in [2.05, 4.69) is 21.4 Å². The molecule has 0 atom stereocenters. The van der Waals surface area contributed by atoms with Gasteiger partial charge in [0, 0.05) is 24.8 Å². The van der Waals surface area contributed by atoms with Crippen LogP contribution in [0.3, 0.4) is 0 Å². The third kappa shape index (κ3) is 4.49. The summed E-state index contributed by atoms with van der Waals surface area (Å²) in [5.41, 5.74) is 3.36. The van der Waals surface area contributed by atoms with E-state index in [1.54, 1.807) is 7.11 Å². The molecule has 1 aliphatic carbocycles. The first kappa shape index (κ1) is 21.0. The van der Waals surface area contributed by atoms with Crippen molar-refractivity contribution in [1.29, 1.82) is 0 Å². The number of pyridine rings is 2. The van der Waals surface area contributed by atoms with Crippen molar-refractivity contribution in [2.45, 2.75) is 56.7 Å². The van der Waals surface area contributed by atoms with Crippen LogP contribution < -0.4 is 19.5 Å². The topological polar surface area (TPSA) is 85.7 Å². The van der Waals surface area contributed by atoms with Gasteiger partial charge in [0.05, 0.1) is 23.7 Å². The molecule has 1 saturated carbocycles. The molecule has 2 aliphatic rings. The minimum atomic E-state index is -0.634. The molecule has 0 spiro atoms. The van der Waals surface area contributed by atoms with E-state index in [-0.39, 0.29) is 0 Å². The number of nitrogens with one attached hydrogen (secondary N) is 1. The summed E-state index contributed by atoms with van der Waals surface area (Å²) in [6.45, 7) is 1.09. The second-order valence-corrected chi connectivity index (χ2v) is 8.76. The average molecular weight is 436 g/mol. The first-order valence-electron chi connectivity index (χ1n) is 11.2. The van der Waals surface area contributed by atoms with E-state index >= 15 is 0 Å². The monoisotopic (exact) mass is 435 g/mol. The molecule has 7 heteroatoms. The molecule has 0 bridgehead atoms. The fourth-order valence-electron chi connectivity index (χ4n) is 4.67. The average Bonchev–Trinajstić information content (AvgIpc) is 3.30. The van der Waals surface area contributed by atoms with Crippen molar-refractivity contribution in [3.8, 4) is 17.4 Å². The Morgan fingerprint density at radius 1 is 1.12 bits per heavy atom. The van der Waals surface area contributed by atoms with Gasteiger partial charge < -0.3 is 24.6 Å². The van der Waals surface area contributed by atoms with Crippen molar-refractivity contribution in [1.82, 2.24) is 15.3 Å². The summed E-state index contributed by atoms with van der Waals surface area (Å²) in [4.78, 5) is 8.97. The van der Waals surface area contributed by atoms with E-state index in [0.717, 1.165) is 73.2 Å². The number of fused-ring (bicyclic) bond motifs is 2. The molecule has 0 saturated heterocycles. The van der Waals surface area contributed by atoms with Gasteiger partial charge in [0.15, 0.2) is 11.5 Å². The molecular weight excluding hydrogens is 406 g/mol. The van der Waals surface area contributed by atoms with E-state index in [0.29, 0.717) is 18.7 Å². The van der Waals surface area contributed by atoms with Crippen LogP contribution in [0.5, 0.6) is 17.4 Å². The number of aliphatic hydroxyl groups is 1. The Balaban J connectivity index is 1.15. The van der Waals surface area contributed by atoms with Crippen molar-refractivity contribution >= 4 is 11.0 Å². The Kier molecular flexibility index (Phi) is 5.85. The lowest BCUT2D eigenvalue weighted by molar-refractivity contribution is -0.0108. The lowest BCUT2D eigenvalue weighted by atomic mass is 9.78. The van der Waals surface area contributed by atoms with Crippen molar-refractivity contribution in [3.05, 3.63) is 53.7 Å². The van der Waals surface area contributed by atoms with E-state index in [1.807, 2.05) is 36.5 Å². The number of benzene rings is 1. The molecule has 3 heterocycles. The Morgan fingerprint density at radius 3 is 2.81 bits per heavy atom. The number of methoxy groups -OCH3 is 1. The first-order chi connectivity index (χ1) is 15.6. The zero-order chi connectivity index (χ0) is 22.0. The van der Waals surface area contributed by atoms with Crippen molar-refractivity contribution < 1.29 is 19.3 Å². The second-order valence-electron chi connectivity index (χ2n) is 8.76. The lowest BCUT2D eigenvalue weighted by Gasteiger charge is -2.36. The fourth-order valence-corrected chi connectivity index (χ4v) is 4.67. The van der Waals surface area contributed by atoms with Gasteiger partial charge in [-0.05, 0) is 73.9 Å². The van der Waals surface area contributed by atoms with Gasteiger partial charge in [-0.15, -0.1) is 0 Å². The summed E-state index contributed by atoms with van der Waals surface area (Å²) < 4.78 is 16.1. The quantitative estimate of drug-likeness (QED) is 0.584. The number of ether oxygens (including phenoxy) is 3. The molecular formula is C25H29N3O4. The van der Waals surface area contributed by atoms with Crippen LogP contribution in [-0.2, 0) is 13.0 Å². The van der Waals surface area contributed by atoms with Crippen LogP contribution in [0.2, 0.25) is 0 Å². The van der Waals surface area contributed by atoms with Crippen LogP contribution in [0.25, 0.3) is 11.0 Å². The highest BCUT2D eigenvalue weighted by Crippen LogP contribution is 2.34. The highest BCUT2D eigenvalue weighted by molar-refractivity contribution is 5.78. The maximum absolute atomic E-state index is 11.2. The Hall–Kier alpha value is -2.90. The zero-order valence-corrected chi connectivity index (χ0v) is 18.3. The highest BCUT2D eigenvalue weighted by Gasteiger charge is 2.33. The number of hydrogen-bond donors (Lipinski definition) is 2. The Bertz CT molecular complexity index is 1100. The van der Waals surface area contributed by atoms with Gasteiger partial charge in [-0.3, -0.25) is 4.98 Å². The largest absolute Gasteiger partial charge is 0.481 e. The number of hydrogen-bond acceptors (Lipinski definition) is 7. The summed E-state index contributed by atoms with van der Waals surface area (Å²) in [6, 6.07) is 12.2. The van der Waals surface area contributed by atoms with Gasteiger partial charge in [-0.1, -0.05) is 6.07 Å². The molecule has 5 rings (SSSR count). The van der Waals surface area contributed by atoms with Gasteiger partial charge in [-0.2, -0.15) is 0 Å². The maximum Gasteiger partial charge on any atom is 0.231 e. The predicted octanol–water partition coefficient (Wildman–Crippen LogP) is 3.76. The molecule has 2 aromatic heterocycles. The third-order valence-electron chi connectivity index (χ3n) is 6.66. The van der Waals surface area contributed by atoms with Crippen LogP contribution in [0.1, 0.15) is 43.2 Å². The van der Waals surface area contributed by atoms with E-state index in [1.165, 1.54) is 5.56 Å². The Morgan fingerprint density at radius 2 is 1.97 bits per heavy atom. The number of aromatic nitrogens is 2. The summed E-state index contributed by atoms with van der Waals surface area (Å²) in [7, 11) is 1.62. The van der Waals surface area contributed by atoms with Gasteiger partial charge in [-0.25, -0.2) is 4.98 Å². The Labute approximate surface area is 187 Å². The van der Waals surface area contributed by atoms with Crippen molar-refractivity contribution in [2.24, 2.45) is 0 Å². The van der Waals surface area contributed by atoms with Crippen molar-refractivity contribution in [2.75, 3.05) is 13.9 Å². The minimum Gasteiger partial charge on any atom is -0.481 e. The summed E-state index contributed by atoms with van der Waals surface area (Å²) >= 11 is 0. The van der Waals surface area contributed by atoms with E-state index in [4.69, 9.17) is 14.2 Å². The van der Waals surface area contributed by atoms with Crippen LogP contribution in [-0.4, -0.2) is 40.6 Å². The van der Waals surface area contributed by atoms with Crippen LogP contribution in [0, 0.1) is 0 Å². The van der Waals surface area contributed by atoms with Gasteiger partial charge in [0.1, 0.15) is 0 Å². The number of nitrogens with zero attached hydrogens (tertiary/aromatic N) is 2. The smallest absolute Gasteiger partial charge is 0.231 e. The molecule has 1 aliphatic heterocycles. The zero-order valence-electron chi connectivity index (χ0n) is 18.3. The molecule has 0 amide bonds. The van der Waals surface area contributed by atoms with Gasteiger partial charge in [0.25, 0.3) is 0 Å². The molecule has 2 N–H and O–H groups in total. The molecule has 0 radical (unpaired) electrons. The highest BCUT2D eigenvalue weighted by atomic mass is 16.7. The molecule has 168 valence electrons. The number of rotatable bonds is 7. The molecule has 3 aromatic rings. The summed E-state index contributed by atoms with van der Waals surface area (Å²) in [6.07, 6.45) is 6.82. The number of aryl methyl sites for hydroxylation is 1. The van der Waals surface area contributed by atoms with E-state index in [9.17, 15) is 5.11 Å². The third-order valence-corrected chi connectivity index (χ3v) is 6.66. The van der Waals surface area contributed by atoms with Crippen LogP contribution in [0.4, 0.5) is 0 Å². The van der Waals surface area contributed by atoms with E-state index < -0.39 is 5.60 Å². The maximum atomic E-state index is 11.2. The van der Waals surface area contributed by atoms with Gasteiger partial charge in [0.2, 0.25) is 12.7 Å². The van der Waals surface area contributed by atoms with Crippen LogP contribution >= 0.6 is 0 Å². The normalized spacial score (nSPS) is 22.2. The molecule has 7 nitrogen and oxygen atoms in total. The lowest BCUT2D eigenvalue weighted by Crippen LogP contribution is -2.41. The van der Waals surface area contributed by atoms with Crippen LogP contribution in [0.15, 0.2) is 42.6 Å².